The molecular weight excluding hydrogens is 275 g/mol. The normalized spacial score (nSPS) is 8.47. The molecule has 0 spiro atoms. The van der Waals surface area contributed by atoms with Crippen molar-refractivity contribution in [3.63, 3.8) is 0 Å². The summed E-state index contributed by atoms with van der Waals surface area (Å²) in [6, 6.07) is 0. The van der Waals surface area contributed by atoms with E-state index in [1.807, 2.05) is 0 Å². The Balaban J connectivity index is 0.000000284. The first kappa shape index (κ1) is 14.7. The molecule has 0 amide bonds. The van der Waals surface area contributed by atoms with E-state index in [-0.39, 0.29) is 28.5 Å². The van der Waals surface area contributed by atoms with Gasteiger partial charge in [0, 0.05) is 0 Å². The third kappa shape index (κ3) is 4.86. The van der Waals surface area contributed by atoms with E-state index >= 15 is 0 Å². The van der Waals surface area contributed by atoms with Crippen LogP contribution in [0.4, 0.5) is 0 Å². The van der Waals surface area contributed by atoms with Gasteiger partial charge >= 0.3 is 17.1 Å². The predicted molar refractivity (Wildman–Crippen MR) is 41.4 cm³/mol. The van der Waals surface area contributed by atoms with Crippen LogP contribution in [0.15, 0.2) is 12.4 Å². The van der Waals surface area contributed by atoms with Crippen molar-refractivity contribution in [2.75, 3.05) is 0 Å². The summed E-state index contributed by atoms with van der Waals surface area (Å²) < 4.78 is 0. The van der Waals surface area contributed by atoms with Crippen molar-refractivity contribution in [2.24, 2.45) is 0 Å². The molecule has 0 aliphatic heterocycles. The Kier molecular flexibility index (Phi) is 6.14. The van der Waals surface area contributed by atoms with Gasteiger partial charge in [-0.25, -0.2) is 0 Å². The Morgan fingerprint density at radius 1 is 0.941 bits per heavy atom. The summed E-state index contributed by atoms with van der Waals surface area (Å²) in [5.74, 6) is -2.64. The molecular formula is C6H4MnN6O4. The average Bonchev–Trinajstić information content (AvgIpc) is 2.93. The molecule has 1 radical (unpaired) electrons. The van der Waals surface area contributed by atoms with Gasteiger partial charge in [-0.05, 0) is 0 Å². The molecule has 0 fully saturated rings. The minimum atomic E-state index is -1.32. The van der Waals surface area contributed by atoms with Gasteiger partial charge < -0.3 is 19.8 Å². The number of hydrogen-bond donors (Lipinski definition) is 2. The van der Waals surface area contributed by atoms with Crippen LogP contribution >= 0.6 is 0 Å². The summed E-state index contributed by atoms with van der Waals surface area (Å²) in [6.07, 6.45) is 2.30. The molecule has 89 valence electrons. The zero-order chi connectivity index (χ0) is 12.0. The quantitative estimate of drug-likeness (QED) is 0.531. The molecule has 2 aromatic heterocycles. The predicted octanol–water partition coefficient (Wildman–Crippen LogP) is -3.67. The topological polar surface area (TPSA) is 163 Å². The summed E-state index contributed by atoms with van der Waals surface area (Å²) in [5, 5.41) is 36.7. The van der Waals surface area contributed by atoms with Crippen LogP contribution in [0.2, 0.25) is 0 Å². The van der Waals surface area contributed by atoms with Gasteiger partial charge in [0.25, 0.3) is 0 Å². The number of nitrogens with one attached hydrogen (secondary N) is 2. The minimum absolute atomic E-state index is 0. The van der Waals surface area contributed by atoms with Crippen molar-refractivity contribution in [1.29, 1.82) is 0 Å². The maximum atomic E-state index is 9.83. The second kappa shape index (κ2) is 7.09. The number of carboxylic acid groups (broad SMARTS) is 2. The smallest absolute Gasteiger partial charge is 0.543 e. The van der Waals surface area contributed by atoms with Gasteiger partial charge in [-0.15, -0.1) is 10.2 Å². The van der Waals surface area contributed by atoms with E-state index in [2.05, 4.69) is 30.8 Å². The maximum absolute atomic E-state index is 9.83. The molecule has 11 heteroatoms. The van der Waals surface area contributed by atoms with Crippen LogP contribution in [0.25, 0.3) is 0 Å². The van der Waals surface area contributed by atoms with Crippen molar-refractivity contribution in [3.05, 3.63) is 23.8 Å². The molecule has 17 heavy (non-hydrogen) atoms. The largest absolute Gasteiger partial charge is 2.00 e. The Hall–Kier alpha value is -2.26. The molecule has 0 saturated carbocycles. The van der Waals surface area contributed by atoms with Gasteiger partial charge in [0.1, 0.15) is 11.4 Å². The number of carbonyl (C=O) groups excluding carboxylic acids is 2. The van der Waals surface area contributed by atoms with Crippen LogP contribution in [0.5, 0.6) is 0 Å². The van der Waals surface area contributed by atoms with Crippen LogP contribution in [0.1, 0.15) is 21.0 Å². The Morgan fingerprint density at radius 3 is 1.41 bits per heavy atom. The first-order valence-corrected chi connectivity index (χ1v) is 3.77. The zero-order valence-electron chi connectivity index (χ0n) is 7.95. The number of aromatic nitrogens is 6. The van der Waals surface area contributed by atoms with E-state index in [0.717, 1.165) is 12.4 Å². The summed E-state index contributed by atoms with van der Waals surface area (Å²) >= 11 is 0. The molecule has 0 aliphatic carbocycles. The van der Waals surface area contributed by atoms with Crippen LogP contribution in [0.3, 0.4) is 0 Å². The van der Waals surface area contributed by atoms with Crippen LogP contribution < -0.4 is 10.2 Å². The Morgan fingerprint density at radius 2 is 1.29 bits per heavy atom. The van der Waals surface area contributed by atoms with E-state index in [0.29, 0.717) is 0 Å². The van der Waals surface area contributed by atoms with Crippen LogP contribution in [0, 0.1) is 0 Å². The summed E-state index contributed by atoms with van der Waals surface area (Å²) in [5.41, 5.74) is -0.352. The molecule has 0 bridgehead atoms. The van der Waals surface area contributed by atoms with E-state index in [4.69, 9.17) is 0 Å². The zero-order valence-corrected chi connectivity index (χ0v) is 9.13. The summed E-state index contributed by atoms with van der Waals surface area (Å²) in [4.78, 5) is 19.7. The van der Waals surface area contributed by atoms with Crippen molar-refractivity contribution in [2.45, 2.75) is 0 Å². The second-order valence-electron chi connectivity index (χ2n) is 2.29. The summed E-state index contributed by atoms with van der Waals surface area (Å²) in [6.45, 7) is 0. The second-order valence-corrected chi connectivity index (χ2v) is 2.29. The summed E-state index contributed by atoms with van der Waals surface area (Å²) in [7, 11) is 0. The van der Waals surface area contributed by atoms with E-state index in [1.54, 1.807) is 0 Å². The molecule has 0 atom stereocenters. The first-order valence-electron chi connectivity index (χ1n) is 3.77. The number of nitrogens with zero attached hydrogens (tertiary/aromatic N) is 4. The fourth-order valence-electron chi connectivity index (χ4n) is 0.603. The number of aromatic carboxylic acids is 2. The van der Waals surface area contributed by atoms with E-state index in [9.17, 15) is 19.8 Å². The molecule has 0 saturated heterocycles. The van der Waals surface area contributed by atoms with Crippen LogP contribution in [-0.2, 0) is 17.1 Å². The van der Waals surface area contributed by atoms with Crippen molar-refractivity contribution < 1.29 is 36.9 Å². The van der Waals surface area contributed by atoms with Crippen molar-refractivity contribution in [1.82, 2.24) is 30.8 Å². The van der Waals surface area contributed by atoms with Gasteiger partial charge in [0.15, 0.2) is 0 Å². The third-order valence-electron chi connectivity index (χ3n) is 1.25. The molecule has 10 nitrogen and oxygen atoms in total. The molecule has 2 N–H and O–H groups in total. The SMILES string of the molecule is O=C([O-])c1c[nH]nn1.O=C([O-])c1c[nH]nn1.[Mn+2]. The Bertz CT molecular complexity index is 411. The number of carbonyl (C=O) groups is 2. The molecule has 0 aromatic carbocycles. The third-order valence-corrected chi connectivity index (χ3v) is 1.25. The average molecular weight is 279 g/mol. The number of carboxylic acids is 2. The maximum Gasteiger partial charge on any atom is 2.00 e. The standard InChI is InChI=1S/2C3H3N3O2.Mn/c2*7-3(8)2-1-4-6-5-2;/h2*1H,(H,7,8)(H,4,5,6);/q;;+2/p-2. The number of aromatic amines is 2. The fourth-order valence-corrected chi connectivity index (χ4v) is 0.603. The molecule has 0 unspecified atom stereocenters. The van der Waals surface area contributed by atoms with Gasteiger partial charge in [-0.3, -0.25) is 10.2 Å². The van der Waals surface area contributed by atoms with Gasteiger partial charge in [0.05, 0.1) is 24.3 Å². The number of H-pyrrole nitrogens is 2. The Labute approximate surface area is 104 Å². The number of hydrogen-bond acceptors (Lipinski definition) is 8. The fraction of sp³-hybridized carbons (Fsp3) is 0. The van der Waals surface area contributed by atoms with Crippen molar-refractivity contribution >= 4 is 11.9 Å². The molecule has 2 heterocycles. The van der Waals surface area contributed by atoms with Gasteiger partial charge in [-0.2, -0.15) is 0 Å². The van der Waals surface area contributed by atoms with Gasteiger partial charge in [0.2, 0.25) is 0 Å². The van der Waals surface area contributed by atoms with E-state index in [1.165, 1.54) is 0 Å². The molecule has 2 aromatic rings. The van der Waals surface area contributed by atoms with Crippen molar-refractivity contribution in [3.8, 4) is 0 Å². The van der Waals surface area contributed by atoms with Gasteiger partial charge in [-0.1, -0.05) is 10.4 Å². The van der Waals surface area contributed by atoms with Crippen LogP contribution in [-0.4, -0.2) is 42.8 Å². The molecule has 2 rings (SSSR count). The monoisotopic (exact) mass is 279 g/mol. The minimum Gasteiger partial charge on any atom is -0.543 e. The van der Waals surface area contributed by atoms with E-state index < -0.39 is 11.9 Å². The number of rotatable bonds is 2. The molecule has 0 aliphatic rings. The first-order chi connectivity index (χ1) is 7.61.